The first kappa shape index (κ1) is 23.6. The van der Waals surface area contributed by atoms with Crippen LogP contribution in [0.15, 0.2) is 24.3 Å². The van der Waals surface area contributed by atoms with Crippen LogP contribution in [0.2, 0.25) is 0 Å². The highest BCUT2D eigenvalue weighted by Gasteiger charge is 2.41. The van der Waals surface area contributed by atoms with Gasteiger partial charge in [-0.1, -0.05) is 12.1 Å². The molecule has 178 valence electrons. The quantitative estimate of drug-likeness (QED) is 0.348. The van der Waals surface area contributed by atoms with Crippen molar-refractivity contribution in [3.8, 4) is 10.6 Å². The maximum Gasteiger partial charge on any atom is 0.390 e. The molecule has 0 saturated heterocycles. The second-order valence-corrected chi connectivity index (χ2v) is 9.08. The molecule has 1 fully saturated rings. The van der Waals surface area contributed by atoms with Gasteiger partial charge in [-0.3, -0.25) is 0 Å². The lowest BCUT2D eigenvalue weighted by Gasteiger charge is -2.21. The number of aliphatic hydroxyl groups excluding tert-OH is 3. The van der Waals surface area contributed by atoms with Crippen molar-refractivity contribution in [2.45, 2.75) is 44.2 Å². The van der Waals surface area contributed by atoms with Crippen molar-refractivity contribution in [1.82, 2.24) is 15.0 Å². The Morgan fingerprint density at radius 3 is 2.55 bits per heavy atom. The maximum atomic E-state index is 12.6. The summed E-state index contributed by atoms with van der Waals surface area (Å²) in [6.07, 6.45) is -7.32. The van der Waals surface area contributed by atoms with Crippen LogP contribution in [-0.4, -0.2) is 67.8 Å². The van der Waals surface area contributed by atoms with Gasteiger partial charge in [0.15, 0.2) is 0 Å². The minimum Gasteiger partial charge on any atom is -0.396 e. The number of rotatable bonds is 7. The van der Waals surface area contributed by atoms with Crippen LogP contribution in [0.25, 0.3) is 20.8 Å². The maximum absolute atomic E-state index is 12.6. The zero-order valence-electron chi connectivity index (χ0n) is 17.7. The number of aliphatic hydroxyl groups is 3. The Morgan fingerprint density at radius 2 is 1.88 bits per heavy atom. The van der Waals surface area contributed by atoms with E-state index in [0.29, 0.717) is 16.3 Å². The molecule has 0 spiro atoms. The summed E-state index contributed by atoms with van der Waals surface area (Å²) < 4.78 is 38.6. The smallest absolute Gasteiger partial charge is 0.390 e. The highest BCUT2D eigenvalue weighted by molar-refractivity contribution is 7.21. The number of nitrogens with one attached hydrogen (secondary N) is 2. The third-order valence-electron chi connectivity index (χ3n) is 5.65. The summed E-state index contributed by atoms with van der Waals surface area (Å²) in [5.74, 6) is -0.211. The number of hydrogen-bond acceptors (Lipinski definition) is 9. The molecule has 4 atom stereocenters. The molecular weight excluding hydrogens is 459 g/mol. The normalized spacial score (nSPS) is 23.2. The first-order valence-electron chi connectivity index (χ1n) is 10.4. The second-order valence-electron chi connectivity index (χ2n) is 8.05. The summed E-state index contributed by atoms with van der Waals surface area (Å²) in [6, 6.07) is 6.94. The van der Waals surface area contributed by atoms with Crippen molar-refractivity contribution in [3.05, 3.63) is 30.0 Å². The zero-order chi connectivity index (χ0) is 23.8. The fourth-order valence-corrected chi connectivity index (χ4v) is 5.00. The molecule has 2 aromatic heterocycles. The molecule has 33 heavy (non-hydrogen) atoms. The molecule has 3 aromatic rings. The van der Waals surface area contributed by atoms with Crippen molar-refractivity contribution in [1.29, 1.82) is 0 Å². The van der Waals surface area contributed by atoms with Gasteiger partial charge in [0.1, 0.15) is 16.9 Å². The Bertz CT molecular complexity index is 1090. The summed E-state index contributed by atoms with van der Waals surface area (Å²) in [5.41, 5.74) is 1.84. The molecule has 1 aromatic carbocycles. The van der Waals surface area contributed by atoms with Crippen LogP contribution < -0.4 is 10.6 Å². The predicted molar refractivity (Wildman–Crippen MR) is 119 cm³/mol. The van der Waals surface area contributed by atoms with Crippen LogP contribution in [0.1, 0.15) is 18.5 Å². The van der Waals surface area contributed by atoms with Crippen LogP contribution in [0.5, 0.6) is 0 Å². The van der Waals surface area contributed by atoms with Crippen molar-refractivity contribution in [2.24, 2.45) is 5.92 Å². The van der Waals surface area contributed by atoms with E-state index in [4.69, 9.17) is 0 Å². The minimum atomic E-state index is -4.31. The van der Waals surface area contributed by atoms with Crippen LogP contribution in [0, 0.1) is 12.8 Å². The van der Waals surface area contributed by atoms with Gasteiger partial charge >= 0.3 is 6.18 Å². The van der Waals surface area contributed by atoms with Gasteiger partial charge in [-0.2, -0.15) is 18.2 Å². The van der Waals surface area contributed by atoms with E-state index in [0.717, 1.165) is 10.2 Å². The molecule has 0 radical (unpaired) electrons. The lowest BCUT2D eigenvalue weighted by Crippen LogP contribution is -2.35. The topological polar surface area (TPSA) is 123 Å². The Kier molecular flexibility index (Phi) is 6.71. The first-order valence-corrected chi connectivity index (χ1v) is 11.3. The number of aromatic nitrogens is 3. The summed E-state index contributed by atoms with van der Waals surface area (Å²) in [4.78, 5) is 13.4. The molecule has 5 N–H and O–H groups in total. The van der Waals surface area contributed by atoms with Crippen molar-refractivity contribution in [2.75, 3.05) is 23.8 Å². The molecule has 12 heteroatoms. The average molecular weight is 484 g/mol. The summed E-state index contributed by atoms with van der Waals surface area (Å²) >= 11 is 1.42. The van der Waals surface area contributed by atoms with E-state index in [9.17, 15) is 28.5 Å². The van der Waals surface area contributed by atoms with Crippen LogP contribution >= 0.6 is 11.3 Å². The number of alkyl halides is 3. The number of anilines is 2. The molecule has 1 saturated carbocycles. The van der Waals surface area contributed by atoms with Crippen LogP contribution in [0.3, 0.4) is 0 Å². The fourth-order valence-electron chi connectivity index (χ4n) is 3.93. The Balaban J connectivity index is 1.70. The molecule has 8 nitrogen and oxygen atoms in total. The van der Waals surface area contributed by atoms with Gasteiger partial charge in [0.25, 0.3) is 0 Å². The van der Waals surface area contributed by atoms with Crippen LogP contribution in [-0.2, 0) is 0 Å². The van der Waals surface area contributed by atoms with Gasteiger partial charge < -0.3 is 26.0 Å². The van der Waals surface area contributed by atoms with E-state index >= 15 is 0 Å². The molecule has 1 aliphatic carbocycles. The molecule has 0 amide bonds. The number of fused-ring (bicyclic) bond motifs is 1. The van der Waals surface area contributed by atoms with E-state index in [2.05, 4.69) is 25.6 Å². The van der Waals surface area contributed by atoms with E-state index in [-0.39, 0.29) is 31.3 Å². The van der Waals surface area contributed by atoms with Gasteiger partial charge in [-0.15, -0.1) is 11.3 Å². The van der Waals surface area contributed by atoms with Gasteiger partial charge in [-0.05, 0) is 25.5 Å². The molecular formula is C21H24F3N5O3S. The molecule has 0 unspecified atom stereocenters. The summed E-state index contributed by atoms with van der Waals surface area (Å²) in [6.45, 7) is 1.04. The number of hydrogen-bond donors (Lipinski definition) is 5. The number of aryl methyl sites for hydroxylation is 1. The standard InChI is InChI=1S/C21H24F3N5O3S/c1-10-15(19-28-12-4-2-3-5-14(12)33-19)18(27-13-8-11(9-30)16(31)17(13)32)29-20(26-10)25-7-6-21(22,23)24/h2-5,11,13,16-17,30-32H,6-9H2,1H3,(H2,25,26,27,29)/t11-,13-,16-,17+/m1/s1. The van der Waals surface area contributed by atoms with E-state index in [1.165, 1.54) is 11.3 Å². The minimum absolute atomic E-state index is 0.0101. The van der Waals surface area contributed by atoms with E-state index in [1.807, 2.05) is 24.3 Å². The molecule has 1 aliphatic rings. The van der Waals surface area contributed by atoms with E-state index < -0.39 is 36.8 Å². The van der Waals surface area contributed by atoms with Gasteiger partial charge in [0.2, 0.25) is 5.95 Å². The fraction of sp³-hybridized carbons (Fsp3) is 0.476. The highest BCUT2D eigenvalue weighted by atomic mass is 32.1. The van der Waals surface area contributed by atoms with Crippen LogP contribution in [0.4, 0.5) is 24.9 Å². The van der Waals surface area contributed by atoms with Gasteiger partial charge in [0, 0.05) is 19.1 Å². The van der Waals surface area contributed by atoms with Crippen molar-refractivity contribution >= 4 is 33.3 Å². The average Bonchev–Trinajstić information content (AvgIpc) is 3.28. The SMILES string of the molecule is Cc1nc(NCCC(F)(F)F)nc(N[C@@H]2C[C@H](CO)[C@@H](O)[C@H]2O)c1-c1nc2ccccc2s1. The second kappa shape index (κ2) is 9.37. The Morgan fingerprint density at radius 1 is 1.12 bits per heavy atom. The van der Waals surface area contributed by atoms with E-state index in [1.54, 1.807) is 6.92 Å². The zero-order valence-corrected chi connectivity index (χ0v) is 18.5. The predicted octanol–water partition coefficient (Wildman–Crippen LogP) is 2.94. The lowest BCUT2D eigenvalue weighted by atomic mass is 10.1. The number of thiazole rings is 1. The number of para-hydroxylation sites is 1. The molecule has 0 bridgehead atoms. The molecule has 4 rings (SSSR count). The highest BCUT2D eigenvalue weighted by Crippen LogP contribution is 2.38. The third kappa shape index (κ3) is 5.18. The largest absolute Gasteiger partial charge is 0.396 e. The number of halogens is 3. The molecule has 2 heterocycles. The third-order valence-corrected chi connectivity index (χ3v) is 6.70. The Labute approximate surface area is 191 Å². The first-order chi connectivity index (χ1) is 15.7. The summed E-state index contributed by atoms with van der Waals surface area (Å²) in [7, 11) is 0. The Hall–Kier alpha value is -2.54. The van der Waals surface area contributed by atoms with Crippen molar-refractivity contribution in [3.63, 3.8) is 0 Å². The number of benzene rings is 1. The van der Waals surface area contributed by atoms with Gasteiger partial charge in [0.05, 0.1) is 40.0 Å². The van der Waals surface area contributed by atoms with Crippen molar-refractivity contribution < 1.29 is 28.5 Å². The van der Waals surface area contributed by atoms with Gasteiger partial charge in [-0.25, -0.2) is 9.97 Å². The number of nitrogens with zero attached hydrogens (tertiary/aromatic N) is 3. The summed E-state index contributed by atoms with van der Waals surface area (Å²) in [5, 5.41) is 36.4. The molecule has 0 aliphatic heterocycles. The monoisotopic (exact) mass is 483 g/mol. The lowest BCUT2D eigenvalue weighted by molar-refractivity contribution is -0.131.